The van der Waals surface area contributed by atoms with Crippen LogP contribution in [0.3, 0.4) is 0 Å². The fourth-order valence-corrected chi connectivity index (χ4v) is 2.98. The first-order valence-electron chi connectivity index (χ1n) is 6.24. The molecule has 0 fully saturated rings. The molecule has 0 aromatic heterocycles. The van der Waals surface area contributed by atoms with Crippen LogP contribution in [0.1, 0.15) is 31.2 Å². The van der Waals surface area contributed by atoms with Crippen molar-refractivity contribution < 1.29 is 9.53 Å². The quantitative estimate of drug-likeness (QED) is 0.738. The molecule has 1 heterocycles. The molecule has 0 saturated carbocycles. The lowest BCUT2D eigenvalue weighted by Gasteiger charge is -2.20. The first-order valence-corrected chi connectivity index (χ1v) is 6.24. The van der Waals surface area contributed by atoms with E-state index in [4.69, 9.17) is 4.74 Å². The van der Waals surface area contributed by atoms with E-state index in [1.807, 2.05) is 25.1 Å². The fourth-order valence-electron chi connectivity index (χ4n) is 2.98. The fraction of sp³-hybridized carbons (Fsp3) is 0.400. The van der Waals surface area contributed by atoms with E-state index < -0.39 is 0 Å². The summed E-state index contributed by atoms with van der Waals surface area (Å²) in [5.74, 6) is 1.12. The summed E-state index contributed by atoms with van der Waals surface area (Å²) in [7, 11) is 0. The van der Waals surface area contributed by atoms with Crippen molar-refractivity contribution >= 4 is 5.78 Å². The summed E-state index contributed by atoms with van der Waals surface area (Å²) in [5, 5.41) is 0. The molecule has 0 N–H and O–H groups in total. The zero-order valence-corrected chi connectivity index (χ0v) is 9.98. The van der Waals surface area contributed by atoms with Gasteiger partial charge in [0.1, 0.15) is 0 Å². The zero-order chi connectivity index (χ0) is 11.8. The molecule has 1 aromatic rings. The van der Waals surface area contributed by atoms with Crippen LogP contribution in [0.4, 0.5) is 0 Å². The van der Waals surface area contributed by atoms with Gasteiger partial charge in [-0.25, -0.2) is 0 Å². The molecule has 0 saturated heterocycles. The highest BCUT2D eigenvalue weighted by atomic mass is 16.5. The highest BCUT2D eigenvalue weighted by Crippen LogP contribution is 2.45. The normalized spacial score (nSPS) is 27.9. The van der Waals surface area contributed by atoms with Gasteiger partial charge in [0, 0.05) is 11.8 Å². The van der Waals surface area contributed by atoms with Crippen LogP contribution in [0.15, 0.2) is 41.7 Å². The Bertz CT molecular complexity index is 473. The highest BCUT2D eigenvalue weighted by Gasteiger charge is 2.41. The van der Waals surface area contributed by atoms with Crippen molar-refractivity contribution in [1.29, 1.82) is 0 Å². The van der Waals surface area contributed by atoms with E-state index in [1.165, 1.54) is 11.1 Å². The lowest BCUT2D eigenvalue weighted by molar-refractivity contribution is -0.121. The maximum absolute atomic E-state index is 12.1. The van der Waals surface area contributed by atoms with Gasteiger partial charge in [0.25, 0.3) is 0 Å². The minimum atomic E-state index is 0.0282. The van der Waals surface area contributed by atoms with Crippen LogP contribution in [-0.2, 0) is 9.53 Å². The van der Waals surface area contributed by atoms with E-state index in [2.05, 4.69) is 12.1 Å². The topological polar surface area (TPSA) is 26.3 Å². The molecule has 0 bridgehead atoms. The summed E-state index contributed by atoms with van der Waals surface area (Å²) in [6, 6.07) is 10.3. The van der Waals surface area contributed by atoms with Gasteiger partial charge >= 0.3 is 0 Å². The number of allylic oxidation sites excluding steroid dienone is 2. The summed E-state index contributed by atoms with van der Waals surface area (Å²) in [6.07, 6.45) is 2.03. The molecule has 2 heteroatoms. The predicted octanol–water partition coefficient (Wildman–Crippen LogP) is 3.05. The van der Waals surface area contributed by atoms with Crippen LogP contribution < -0.4 is 0 Å². The third-order valence-electron chi connectivity index (χ3n) is 3.80. The monoisotopic (exact) mass is 228 g/mol. The Morgan fingerprint density at radius 3 is 2.76 bits per heavy atom. The number of Topliss-reactive ketones (excluding diaryl/α,β-unsaturated/α-hetero) is 1. The second-order valence-electron chi connectivity index (χ2n) is 4.85. The van der Waals surface area contributed by atoms with Crippen LogP contribution in [0.5, 0.6) is 0 Å². The van der Waals surface area contributed by atoms with Crippen molar-refractivity contribution in [2.75, 3.05) is 6.61 Å². The number of rotatable bonds is 1. The molecule has 2 aliphatic rings. The molecular formula is C15H16O2. The number of ketones is 1. The third-order valence-corrected chi connectivity index (χ3v) is 3.80. The Hall–Kier alpha value is -1.57. The second-order valence-corrected chi connectivity index (χ2v) is 4.85. The molecule has 88 valence electrons. The highest BCUT2D eigenvalue weighted by molar-refractivity contribution is 6.00. The van der Waals surface area contributed by atoms with Crippen molar-refractivity contribution in [3.8, 4) is 0 Å². The number of carbonyl (C=O) groups is 1. The van der Waals surface area contributed by atoms with Crippen molar-refractivity contribution in [2.45, 2.75) is 25.7 Å². The van der Waals surface area contributed by atoms with Crippen molar-refractivity contribution in [3.05, 3.63) is 47.2 Å². The largest absolute Gasteiger partial charge is 0.490 e. The average Bonchev–Trinajstić information content (AvgIpc) is 2.64. The third kappa shape index (κ3) is 1.59. The minimum Gasteiger partial charge on any atom is -0.490 e. The molecule has 2 atom stereocenters. The molecule has 1 aromatic carbocycles. The van der Waals surface area contributed by atoms with Gasteiger partial charge in [-0.2, -0.15) is 0 Å². The summed E-state index contributed by atoms with van der Waals surface area (Å²) in [6.45, 7) is 2.71. The van der Waals surface area contributed by atoms with Crippen LogP contribution in [0.2, 0.25) is 0 Å². The van der Waals surface area contributed by atoms with E-state index in [9.17, 15) is 4.79 Å². The van der Waals surface area contributed by atoms with E-state index in [0.717, 1.165) is 12.8 Å². The Balaban J connectivity index is 2.05. The van der Waals surface area contributed by atoms with Crippen LogP contribution in [0.25, 0.3) is 0 Å². The number of carbonyl (C=O) groups excluding carboxylic acids is 1. The lowest BCUT2D eigenvalue weighted by atomic mass is 9.84. The van der Waals surface area contributed by atoms with Gasteiger partial charge in [0.05, 0.1) is 6.61 Å². The lowest BCUT2D eigenvalue weighted by Crippen LogP contribution is -2.13. The molecule has 1 aliphatic carbocycles. The first-order chi connectivity index (χ1) is 8.29. The average molecular weight is 228 g/mol. The molecule has 0 radical (unpaired) electrons. The summed E-state index contributed by atoms with van der Waals surface area (Å²) in [5.41, 5.74) is 2.46. The molecule has 0 amide bonds. The summed E-state index contributed by atoms with van der Waals surface area (Å²) < 4.78 is 5.57. The SMILES string of the molecule is C[C@@H]1C(=O)C2=C(CCCO2)[C@@H]1c1ccccc1. The smallest absolute Gasteiger partial charge is 0.201 e. The van der Waals surface area contributed by atoms with Gasteiger partial charge in [-0.05, 0) is 24.0 Å². The van der Waals surface area contributed by atoms with Gasteiger partial charge < -0.3 is 4.74 Å². The molecule has 0 unspecified atom stereocenters. The van der Waals surface area contributed by atoms with Crippen LogP contribution in [0, 0.1) is 5.92 Å². The first kappa shape index (κ1) is 10.6. The molecule has 17 heavy (non-hydrogen) atoms. The number of benzene rings is 1. The summed E-state index contributed by atoms with van der Waals surface area (Å²) >= 11 is 0. The Labute approximate surface area is 101 Å². The van der Waals surface area contributed by atoms with Gasteiger partial charge in [-0.15, -0.1) is 0 Å². The van der Waals surface area contributed by atoms with Crippen molar-refractivity contribution in [1.82, 2.24) is 0 Å². The zero-order valence-electron chi connectivity index (χ0n) is 9.98. The number of hydrogen-bond donors (Lipinski definition) is 0. The Kier molecular flexibility index (Phi) is 2.50. The van der Waals surface area contributed by atoms with Crippen LogP contribution in [-0.4, -0.2) is 12.4 Å². The van der Waals surface area contributed by atoms with Gasteiger partial charge in [0.2, 0.25) is 5.78 Å². The molecule has 1 aliphatic heterocycles. The number of ether oxygens (including phenoxy) is 1. The summed E-state index contributed by atoms with van der Waals surface area (Å²) in [4.78, 5) is 12.1. The van der Waals surface area contributed by atoms with Gasteiger partial charge in [0.15, 0.2) is 5.76 Å². The van der Waals surface area contributed by atoms with E-state index in [1.54, 1.807) is 0 Å². The van der Waals surface area contributed by atoms with Crippen LogP contribution >= 0.6 is 0 Å². The Morgan fingerprint density at radius 2 is 2.00 bits per heavy atom. The van der Waals surface area contributed by atoms with E-state index in [-0.39, 0.29) is 17.6 Å². The molecule has 2 nitrogen and oxygen atoms in total. The number of hydrogen-bond acceptors (Lipinski definition) is 2. The van der Waals surface area contributed by atoms with Gasteiger partial charge in [-0.1, -0.05) is 37.3 Å². The molecular weight excluding hydrogens is 212 g/mol. The maximum atomic E-state index is 12.1. The van der Waals surface area contributed by atoms with Crippen molar-refractivity contribution in [3.63, 3.8) is 0 Å². The van der Waals surface area contributed by atoms with Gasteiger partial charge in [-0.3, -0.25) is 4.79 Å². The van der Waals surface area contributed by atoms with E-state index >= 15 is 0 Å². The second kappa shape index (κ2) is 4.02. The molecule has 0 spiro atoms. The minimum absolute atomic E-state index is 0.0282. The maximum Gasteiger partial charge on any atom is 0.201 e. The Morgan fingerprint density at radius 1 is 1.24 bits per heavy atom. The van der Waals surface area contributed by atoms with E-state index in [0.29, 0.717) is 12.4 Å². The standard InChI is InChI=1S/C15H16O2/c1-10-13(11-6-3-2-4-7-11)12-8-5-9-17-15(12)14(10)16/h2-4,6-7,10,13H,5,8-9H2,1H3/t10-,13-/m0/s1. The molecule has 3 rings (SSSR count). The predicted molar refractivity (Wildman–Crippen MR) is 65.6 cm³/mol. The van der Waals surface area contributed by atoms with Crippen molar-refractivity contribution in [2.24, 2.45) is 5.92 Å².